The Kier molecular flexibility index (Phi) is 6.10. The van der Waals surface area contributed by atoms with Crippen LogP contribution in [0.3, 0.4) is 0 Å². The summed E-state index contributed by atoms with van der Waals surface area (Å²) < 4.78 is 81.3. The second-order valence-electron chi connectivity index (χ2n) is 5.05. The van der Waals surface area contributed by atoms with Gasteiger partial charge in [-0.25, -0.2) is 8.78 Å². The molecule has 0 spiro atoms. The van der Waals surface area contributed by atoms with Gasteiger partial charge in [0.05, 0.1) is 6.61 Å². The fourth-order valence-corrected chi connectivity index (χ4v) is 2.20. The third-order valence-electron chi connectivity index (χ3n) is 2.32. The highest BCUT2D eigenvalue weighted by Gasteiger charge is 2.39. The summed E-state index contributed by atoms with van der Waals surface area (Å²) in [6.07, 6.45) is -1.19. The summed E-state index contributed by atoms with van der Waals surface area (Å²) in [5, 5.41) is -5.28. The average molecular weight is 338 g/mol. The van der Waals surface area contributed by atoms with Crippen LogP contribution in [0.15, 0.2) is 0 Å². The number of hydrogen-bond acceptors (Lipinski definition) is 6. The summed E-state index contributed by atoms with van der Waals surface area (Å²) in [5.74, 6) is 0. The molecule has 0 rings (SSSR count). The number of rotatable bonds is 8. The van der Waals surface area contributed by atoms with Crippen molar-refractivity contribution in [2.24, 2.45) is 0 Å². The molecule has 0 aliphatic rings. The van der Waals surface area contributed by atoms with Gasteiger partial charge in [-0.2, -0.15) is 16.8 Å². The van der Waals surface area contributed by atoms with Crippen LogP contribution in [0.4, 0.5) is 8.78 Å². The fourth-order valence-electron chi connectivity index (χ4n) is 0.813. The molecule has 0 radical (unpaired) electrons. The zero-order valence-corrected chi connectivity index (χ0v) is 13.6. The number of halogens is 2. The van der Waals surface area contributed by atoms with Crippen molar-refractivity contribution in [1.82, 2.24) is 0 Å². The minimum absolute atomic E-state index is 0.0392. The van der Waals surface area contributed by atoms with Crippen LogP contribution in [0.5, 0.6) is 0 Å². The quantitative estimate of drug-likeness (QED) is 0.628. The molecule has 1 atom stereocenters. The van der Waals surface area contributed by atoms with Gasteiger partial charge in [0.1, 0.15) is 6.10 Å². The third-order valence-corrected chi connectivity index (χ3v) is 5.67. The van der Waals surface area contributed by atoms with Crippen LogP contribution in [-0.2, 0) is 28.6 Å². The van der Waals surface area contributed by atoms with E-state index >= 15 is 0 Å². The average Bonchev–Trinajstić information content (AvgIpc) is 2.20. The SMILES string of the molecule is CCC(COS(=O)(=O)C(C)(C)F)OS(=O)(=O)C(C)(C)F. The van der Waals surface area contributed by atoms with Crippen LogP contribution in [0.2, 0.25) is 0 Å². The Bertz CT molecular complexity index is 513. The van der Waals surface area contributed by atoms with Gasteiger partial charge >= 0.3 is 20.2 Å². The van der Waals surface area contributed by atoms with E-state index in [9.17, 15) is 25.6 Å². The number of hydrogen-bond donors (Lipinski definition) is 0. The van der Waals surface area contributed by atoms with Gasteiger partial charge in [-0.1, -0.05) is 6.92 Å². The van der Waals surface area contributed by atoms with Gasteiger partial charge in [-0.3, -0.25) is 8.37 Å². The first-order valence-electron chi connectivity index (χ1n) is 5.83. The Morgan fingerprint density at radius 2 is 1.35 bits per heavy atom. The molecule has 0 heterocycles. The first kappa shape index (κ1) is 19.7. The monoisotopic (exact) mass is 338 g/mol. The predicted molar refractivity (Wildman–Crippen MR) is 69.3 cm³/mol. The lowest BCUT2D eigenvalue weighted by Gasteiger charge is -2.22. The Morgan fingerprint density at radius 3 is 1.65 bits per heavy atom. The van der Waals surface area contributed by atoms with Gasteiger partial charge in [0.15, 0.2) is 0 Å². The van der Waals surface area contributed by atoms with Crippen molar-refractivity contribution < 1.29 is 34.0 Å². The molecule has 0 saturated carbocycles. The molecule has 1 unspecified atom stereocenters. The van der Waals surface area contributed by atoms with Crippen LogP contribution in [0.1, 0.15) is 41.0 Å². The summed E-state index contributed by atoms with van der Waals surface area (Å²) in [7, 11) is -9.08. The molecule has 122 valence electrons. The molecular weight excluding hydrogens is 318 g/mol. The number of alkyl halides is 2. The van der Waals surface area contributed by atoms with E-state index in [1.807, 2.05) is 0 Å². The molecular formula is C10H20F2O6S2. The zero-order chi connectivity index (χ0) is 16.4. The normalized spacial score (nSPS) is 16.1. The van der Waals surface area contributed by atoms with Crippen molar-refractivity contribution in [1.29, 1.82) is 0 Å². The molecule has 0 saturated heterocycles. The Morgan fingerprint density at radius 1 is 0.950 bits per heavy atom. The highest BCUT2D eigenvalue weighted by molar-refractivity contribution is 7.88. The van der Waals surface area contributed by atoms with E-state index in [-0.39, 0.29) is 6.42 Å². The summed E-state index contributed by atoms with van der Waals surface area (Å²) in [5.41, 5.74) is 0. The zero-order valence-electron chi connectivity index (χ0n) is 12.0. The van der Waals surface area contributed by atoms with E-state index in [2.05, 4.69) is 8.37 Å². The molecule has 20 heavy (non-hydrogen) atoms. The highest BCUT2D eigenvalue weighted by atomic mass is 32.2. The van der Waals surface area contributed by atoms with Crippen molar-refractivity contribution in [2.75, 3.05) is 6.61 Å². The Hall–Kier alpha value is -0.320. The van der Waals surface area contributed by atoms with Gasteiger partial charge in [-0.15, -0.1) is 0 Å². The standard InChI is InChI=1S/C10H20F2O6S2/c1-6-8(18-20(15,16)10(4,5)12)7-17-19(13,14)9(2,3)11/h8H,6-7H2,1-5H3. The van der Waals surface area contributed by atoms with Crippen molar-refractivity contribution in [3.05, 3.63) is 0 Å². The first-order chi connectivity index (χ1) is 8.64. The first-order valence-corrected chi connectivity index (χ1v) is 8.65. The van der Waals surface area contributed by atoms with Crippen LogP contribution >= 0.6 is 0 Å². The molecule has 0 aliphatic carbocycles. The Balaban J connectivity index is 4.86. The van der Waals surface area contributed by atoms with Crippen molar-refractivity contribution in [3.63, 3.8) is 0 Å². The predicted octanol–water partition coefficient (Wildman–Crippen LogP) is 1.87. The minimum atomic E-state index is -4.55. The van der Waals surface area contributed by atoms with E-state index in [1.165, 1.54) is 6.92 Å². The maximum Gasteiger partial charge on any atom is 0.302 e. The maximum atomic E-state index is 13.4. The molecule has 0 fully saturated rings. The van der Waals surface area contributed by atoms with E-state index in [0.29, 0.717) is 0 Å². The van der Waals surface area contributed by atoms with E-state index in [4.69, 9.17) is 0 Å². The second-order valence-corrected chi connectivity index (χ2v) is 9.23. The second kappa shape index (κ2) is 6.20. The molecule has 10 heteroatoms. The van der Waals surface area contributed by atoms with Gasteiger partial charge in [-0.05, 0) is 34.1 Å². The molecule has 0 aromatic rings. The molecule has 0 aromatic heterocycles. The molecule has 6 nitrogen and oxygen atoms in total. The van der Waals surface area contributed by atoms with Crippen molar-refractivity contribution in [2.45, 2.75) is 57.1 Å². The van der Waals surface area contributed by atoms with Crippen molar-refractivity contribution >= 4 is 20.2 Å². The summed E-state index contributed by atoms with van der Waals surface area (Å²) in [4.78, 5) is 0. The van der Waals surface area contributed by atoms with E-state index < -0.39 is 42.9 Å². The van der Waals surface area contributed by atoms with Crippen LogP contribution in [0, 0.1) is 0 Å². The minimum Gasteiger partial charge on any atom is -0.265 e. The van der Waals surface area contributed by atoms with Crippen LogP contribution in [0.25, 0.3) is 0 Å². The lowest BCUT2D eigenvalue weighted by atomic mass is 10.3. The smallest absolute Gasteiger partial charge is 0.265 e. The van der Waals surface area contributed by atoms with E-state index in [1.54, 1.807) is 0 Å². The van der Waals surface area contributed by atoms with Crippen LogP contribution < -0.4 is 0 Å². The van der Waals surface area contributed by atoms with Crippen LogP contribution in [-0.4, -0.2) is 39.5 Å². The molecule has 0 N–H and O–H groups in total. The third kappa shape index (κ3) is 5.23. The van der Waals surface area contributed by atoms with Gasteiger partial charge < -0.3 is 0 Å². The maximum absolute atomic E-state index is 13.4. The summed E-state index contributed by atoms with van der Waals surface area (Å²) >= 11 is 0. The largest absolute Gasteiger partial charge is 0.302 e. The van der Waals surface area contributed by atoms with E-state index in [0.717, 1.165) is 27.7 Å². The lowest BCUT2D eigenvalue weighted by Crippen LogP contribution is -2.36. The van der Waals surface area contributed by atoms with Gasteiger partial charge in [0.25, 0.3) is 0 Å². The van der Waals surface area contributed by atoms with Gasteiger partial charge in [0.2, 0.25) is 10.0 Å². The topological polar surface area (TPSA) is 86.7 Å². The van der Waals surface area contributed by atoms with Gasteiger partial charge in [0, 0.05) is 0 Å². The summed E-state index contributed by atoms with van der Waals surface area (Å²) in [6, 6.07) is 0. The molecule has 0 aromatic carbocycles. The molecule has 0 bridgehead atoms. The highest BCUT2D eigenvalue weighted by Crippen LogP contribution is 2.24. The fraction of sp³-hybridized carbons (Fsp3) is 1.00. The summed E-state index contributed by atoms with van der Waals surface area (Å²) in [6.45, 7) is 3.91. The molecule has 0 aliphatic heterocycles. The lowest BCUT2D eigenvalue weighted by molar-refractivity contribution is 0.115. The Labute approximate surface area is 118 Å². The van der Waals surface area contributed by atoms with Crippen molar-refractivity contribution in [3.8, 4) is 0 Å². The molecule has 0 amide bonds.